The van der Waals surface area contributed by atoms with Crippen LogP contribution in [0.3, 0.4) is 0 Å². The number of hydrogen-bond donors (Lipinski definition) is 2. The van der Waals surface area contributed by atoms with E-state index < -0.39 is 0 Å². The number of benzene rings is 1. The summed E-state index contributed by atoms with van der Waals surface area (Å²) in [7, 11) is 1.88. The lowest BCUT2D eigenvalue weighted by Gasteiger charge is -2.13. The maximum Gasteiger partial charge on any atom is 0.151 e. The van der Waals surface area contributed by atoms with Gasteiger partial charge in [-0.25, -0.2) is 4.98 Å². The molecule has 0 fully saturated rings. The Kier molecular flexibility index (Phi) is 5.12. The molecule has 0 spiro atoms. The maximum atomic E-state index is 9.23. The summed E-state index contributed by atoms with van der Waals surface area (Å²) in [6.07, 6.45) is 4.66. The van der Waals surface area contributed by atoms with Crippen molar-refractivity contribution in [2.24, 2.45) is 7.05 Å². The van der Waals surface area contributed by atoms with E-state index in [1.807, 2.05) is 19.2 Å². The van der Waals surface area contributed by atoms with E-state index in [0.29, 0.717) is 11.8 Å². The number of aryl methyl sites for hydroxylation is 2. The second kappa shape index (κ2) is 7.05. The zero-order valence-corrected chi connectivity index (χ0v) is 12.1. The van der Waals surface area contributed by atoms with Gasteiger partial charge >= 0.3 is 0 Å². The fraction of sp³-hybridized carbons (Fsp3) is 0.467. The maximum absolute atomic E-state index is 9.23. The van der Waals surface area contributed by atoms with Crippen molar-refractivity contribution in [1.82, 2.24) is 20.1 Å². The third-order valence-electron chi connectivity index (χ3n) is 3.29. The first kappa shape index (κ1) is 14.5. The molecular weight excluding hydrogens is 252 g/mol. The van der Waals surface area contributed by atoms with Crippen LogP contribution >= 0.6 is 0 Å². The topological polar surface area (TPSA) is 63.0 Å². The van der Waals surface area contributed by atoms with E-state index in [9.17, 15) is 5.11 Å². The predicted octanol–water partition coefficient (Wildman–Crippen LogP) is 1.67. The molecule has 20 heavy (non-hydrogen) atoms. The summed E-state index contributed by atoms with van der Waals surface area (Å²) < 4.78 is 1.73. The van der Waals surface area contributed by atoms with Crippen molar-refractivity contribution in [1.29, 1.82) is 0 Å². The standard InChI is InChI=1S/C15H22N4O/c1-12(3-4-13-5-7-14(20)8-6-13)16-10-9-15-17-11-19(2)18-15/h5-8,11-12,16,20H,3-4,9-10H2,1-2H3. The van der Waals surface area contributed by atoms with Crippen LogP contribution < -0.4 is 5.32 Å². The number of phenolic OH excluding ortho intramolecular Hbond substituents is 1. The second-order valence-corrected chi connectivity index (χ2v) is 5.14. The molecule has 5 heteroatoms. The summed E-state index contributed by atoms with van der Waals surface area (Å²) in [5.41, 5.74) is 1.25. The Labute approximate surface area is 119 Å². The average Bonchev–Trinajstić information content (AvgIpc) is 2.84. The minimum Gasteiger partial charge on any atom is -0.508 e. The van der Waals surface area contributed by atoms with Gasteiger partial charge in [-0.1, -0.05) is 12.1 Å². The largest absolute Gasteiger partial charge is 0.508 e. The molecule has 1 atom stereocenters. The molecule has 108 valence electrons. The molecule has 0 amide bonds. The number of rotatable bonds is 7. The summed E-state index contributed by atoms with van der Waals surface area (Å²) in [4.78, 5) is 4.20. The Morgan fingerprint density at radius 3 is 2.65 bits per heavy atom. The summed E-state index contributed by atoms with van der Waals surface area (Å²) >= 11 is 0. The number of phenols is 1. The molecule has 0 aliphatic carbocycles. The van der Waals surface area contributed by atoms with Crippen LogP contribution in [0.2, 0.25) is 0 Å². The van der Waals surface area contributed by atoms with Gasteiger partial charge in [-0.2, -0.15) is 5.10 Å². The Morgan fingerprint density at radius 2 is 2.00 bits per heavy atom. The molecule has 1 aromatic heterocycles. The minimum absolute atomic E-state index is 0.322. The van der Waals surface area contributed by atoms with Gasteiger partial charge in [-0.3, -0.25) is 4.68 Å². The van der Waals surface area contributed by atoms with Crippen LogP contribution in [-0.4, -0.2) is 32.5 Å². The highest BCUT2D eigenvalue weighted by molar-refractivity contribution is 5.25. The normalized spacial score (nSPS) is 12.5. The average molecular weight is 274 g/mol. The highest BCUT2D eigenvalue weighted by Crippen LogP contribution is 2.11. The quantitative estimate of drug-likeness (QED) is 0.806. The third-order valence-corrected chi connectivity index (χ3v) is 3.29. The van der Waals surface area contributed by atoms with E-state index in [4.69, 9.17) is 0 Å². The lowest BCUT2D eigenvalue weighted by molar-refractivity contribution is 0.474. The second-order valence-electron chi connectivity index (χ2n) is 5.14. The molecule has 2 aromatic rings. The first-order chi connectivity index (χ1) is 9.63. The van der Waals surface area contributed by atoms with Crippen molar-refractivity contribution in [2.75, 3.05) is 6.54 Å². The van der Waals surface area contributed by atoms with Crippen molar-refractivity contribution in [2.45, 2.75) is 32.2 Å². The van der Waals surface area contributed by atoms with Gasteiger partial charge in [-0.15, -0.1) is 0 Å². The van der Waals surface area contributed by atoms with Crippen molar-refractivity contribution < 1.29 is 5.11 Å². The zero-order chi connectivity index (χ0) is 14.4. The van der Waals surface area contributed by atoms with Gasteiger partial charge in [0.2, 0.25) is 0 Å². The number of aromatic nitrogens is 3. The molecule has 2 N–H and O–H groups in total. The van der Waals surface area contributed by atoms with E-state index in [1.54, 1.807) is 23.1 Å². The van der Waals surface area contributed by atoms with Crippen LogP contribution in [0.5, 0.6) is 5.75 Å². The fourth-order valence-electron chi connectivity index (χ4n) is 2.08. The Balaban J connectivity index is 1.65. The first-order valence-corrected chi connectivity index (χ1v) is 6.99. The van der Waals surface area contributed by atoms with E-state index in [2.05, 4.69) is 22.3 Å². The first-order valence-electron chi connectivity index (χ1n) is 6.99. The number of aromatic hydroxyl groups is 1. The van der Waals surface area contributed by atoms with E-state index in [1.165, 1.54) is 5.56 Å². The SMILES string of the molecule is CC(CCc1ccc(O)cc1)NCCc1ncn(C)n1. The van der Waals surface area contributed by atoms with E-state index >= 15 is 0 Å². The lowest BCUT2D eigenvalue weighted by Crippen LogP contribution is -2.28. The van der Waals surface area contributed by atoms with Gasteiger partial charge in [0.05, 0.1) is 0 Å². The number of nitrogens with zero attached hydrogens (tertiary/aromatic N) is 3. The smallest absolute Gasteiger partial charge is 0.151 e. The van der Waals surface area contributed by atoms with Gasteiger partial charge in [0.15, 0.2) is 5.82 Å². The highest BCUT2D eigenvalue weighted by Gasteiger charge is 2.04. The Hall–Kier alpha value is -1.88. The molecule has 0 aliphatic heterocycles. The lowest BCUT2D eigenvalue weighted by atomic mass is 10.1. The van der Waals surface area contributed by atoms with E-state index in [0.717, 1.165) is 31.6 Å². The molecule has 0 saturated heterocycles. The minimum atomic E-state index is 0.322. The fourth-order valence-corrected chi connectivity index (χ4v) is 2.08. The zero-order valence-electron chi connectivity index (χ0n) is 12.1. The van der Waals surface area contributed by atoms with Crippen LogP contribution in [-0.2, 0) is 19.9 Å². The molecule has 2 rings (SSSR count). The van der Waals surface area contributed by atoms with Gasteiger partial charge < -0.3 is 10.4 Å². The molecule has 1 unspecified atom stereocenters. The Morgan fingerprint density at radius 1 is 1.25 bits per heavy atom. The van der Waals surface area contributed by atoms with Gasteiger partial charge in [0.25, 0.3) is 0 Å². The molecule has 0 bridgehead atoms. The monoisotopic (exact) mass is 274 g/mol. The van der Waals surface area contributed by atoms with Crippen LogP contribution in [0.25, 0.3) is 0 Å². The molecule has 0 aliphatic rings. The molecule has 0 radical (unpaired) electrons. The molecule has 5 nitrogen and oxygen atoms in total. The molecule has 1 heterocycles. The van der Waals surface area contributed by atoms with Crippen LogP contribution in [0.1, 0.15) is 24.7 Å². The van der Waals surface area contributed by atoms with Crippen molar-refractivity contribution >= 4 is 0 Å². The van der Waals surface area contributed by atoms with Crippen LogP contribution in [0.15, 0.2) is 30.6 Å². The third kappa shape index (κ3) is 4.66. The van der Waals surface area contributed by atoms with Gasteiger partial charge in [0.1, 0.15) is 12.1 Å². The number of hydrogen-bond acceptors (Lipinski definition) is 4. The van der Waals surface area contributed by atoms with Gasteiger partial charge in [0, 0.05) is 26.1 Å². The summed E-state index contributed by atoms with van der Waals surface area (Å²) in [6, 6.07) is 7.87. The van der Waals surface area contributed by atoms with Crippen molar-refractivity contribution in [3.05, 3.63) is 42.0 Å². The van der Waals surface area contributed by atoms with Gasteiger partial charge in [-0.05, 0) is 37.5 Å². The molecule has 1 aromatic carbocycles. The molecular formula is C15H22N4O. The highest BCUT2D eigenvalue weighted by atomic mass is 16.3. The molecule has 0 saturated carbocycles. The summed E-state index contributed by atoms with van der Waals surface area (Å²) in [5, 5.41) is 17.0. The predicted molar refractivity (Wildman–Crippen MR) is 78.6 cm³/mol. The van der Waals surface area contributed by atoms with Crippen molar-refractivity contribution in [3.63, 3.8) is 0 Å². The Bertz CT molecular complexity index is 521. The van der Waals surface area contributed by atoms with Crippen LogP contribution in [0, 0.1) is 0 Å². The van der Waals surface area contributed by atoms with E-state index in [-0.39, 0.29) is 0 Å². The summed E-state index contributed by atoms with van der Waals surface area (Å²) in [6.45, 7) is 3.08. The summed E-state index contributed by atoms with van der Waals surface area (Å²) in [5.74, 6) is 1.20. The van der Waals surface area contributed by atoms with Crippen LogP contribution in [0.4, 0.5) is 0 Å². The number of nitrogens with one attached hydrogen (secondary N) is 1. The van der Waals surface area contributed by atoms with Crippen molar-refractivity contribution in [3.8, 4) is 5.75 Å².